The zero-order chi connectivity index (χ0) is 14.8. The lowest BCUT2D eigenvalue weighted by Gasteiger charge is -2.40. The molecule has 1 saturated heterocycles. The van der Waals surface area contributed by atoms with Crippen molar-refractivity contribution in [3.63, 3.8) is 0 Å². The molecule has 1 N–H and O–H groups in total. The third-order valence-corrected chi connectivity index (χ3v) is 5.52. The monoisotopic (exact) mass is 325 g/mol. The number of Topliss-reactive ketones (excluding diaryl/α,β-unsaturated/α-hetero) is 1. The first-order chi connectivity index (χ1) is 10.1. The van der Waals surface area contributed by atoms with Gasteiger partial charge in [0.05, 0.1) is 6.04 Å². The Morgan fingerprint density at radius 3 is 2.81 bits per heavy atom. The summed E-state index contributed by atoms with van der Waals surface area (Å²) >= 11 is 12.2. The van der Waals surface area contributed by atoms with Crippen LogP contribution >= 0.6 is 23.2 Å². The smallest absolute Gasteiger partial charge is 0.154 e. The van der Waals surface area contributed by atoms with Crippen LogP contribution in [0.15, 0.2) is 18.2 Å². The number of carbonyl (C=O) groups excluding carboxylic acids is 1. The lowest BCUT2D eigenvalue weighted by atomic mass is 9.77. The number of ketones is 1. The second kappa shape index (κ2) is 6.68. The number of benzene rings is 1. The van der Waals surface area contributed by atoms with Gasteiger partial charge < -0.3 is 5.32 Å². The van der Waals surface area contributed by atoms with E-state index in [0.29, 0.717) is 22.5 Å². The van der Waals surface area contributed by atoms with E-state index in [2.05, 4.69) is 5.32 Å². The molecule has 0 aromatic heterocycles. The fourth-order valence-corrected chi connectivity index (χ4v) is 4.12. The van der Waals surface area contributed by atoms with Gasteiger partial charge in [-0.05, 0) is 55.4 Å². The van der Waals surface area contributed by atoms with E-state index in [4.69, 9.17) is 23.2 Å². The van der Waals surface area contributed by atoms with Crippen molar-refractivity contribution < 1.29 is 4.79 Å². The molecule has 0 radical (unpaired) electrons. The molecule has 1 aromatic rings. The largest absolute Gasteiger partial charge is 0.304 e. The Labute approximate surface area is 136 Å². The van der Waals surface area contributed by atoms with E-state index in [1.54, 1.807) is 18.2 Å². The van der Waals surface area contributed by atoms with Crippen LogP contribution in [0.25, 0.3) is 0 Å². The van der Waals surface area contributed by atoms with Gasteiger partial charge in [0, 0.05) is 22.5 Å². The van der Waals surface area contributed by atoms with Crippen molar-refractivity contribution in [2.75, 3.05) is 0 Å². The molecule has 0 amide bonds. The van der Waals surface area contributed by atoms with E-state index in [0.717, 1.165) is 17.9 Å². The van der Waals surface area contributed by atoms with Crippen LogP contribution in [0.1, 0.15) is 44.1 Å². The van der Waals surface area contributed by atoms with Crippen molar-refractivity contribution in [3.05, 3.63) is 33.8 Å². The van der Waals surface area contributed by atoms with E-state index < -0.39 is 0 Å². The molecule has 3 rings (SSSR count). The molecular weight excluding hydrogens is 305 g/mol. The van der Waals surface area contributed by atoms with Gasteiger partial charge in [0.15, 0.2) is 5.78 Å². The summed E-state index contributed by atoms with van der Waals surface area (Å²) in [5.41, 5.74) is 0.835. The Kier molecular flexibility index (Phi) is 4.88. The summed E-state index contributed by atoms with van der Waals surface area (Å²) in [4.78, 5) is 12.5. The SMILES string of the molecule is O=C(Cc1cc(Cl)ccc1Cl)C1CCC2CCCCC2N1. The number of hydrogen-bond donors (Lipinski definition) is 1. The van der Waals surface area contributed by atoms with Crippen molar-refractivity contribution in [2.24, 2.45) is 5.92 Å². The average Bonchev–Trinajstić information content (AvgIpc) is 2.50. The van der Waals surface area contributed by atoms with Crippen LogP contribution in [0, 0.1) is 5.92 Å². The number of hydrogen-bond acceptors (Lipinski definition) is 2. The highest BCUT2D eigenvalue weighted by Gasteiger charge is 2.34. The van der Waals surface area contributed by atoms with Gasteiger partial charge in [-0.1, -0.05) is 36.0 Å². The third kappa shape index (κ3) is 3.61. The molecule has 2 aliphatic rings. The van der Waals surface area contributed by atoms with Crippen LogP contribution in [0.4, 0.5) is 0 Å². The molecule has 21 heavy (non-hydrogen) atoms. The highest BCUT2D eigenvalue weighted by atomic mass is 35.5. The molecular formula is C17H21Cl2NO. The predicted octanol–water partition coefficient (Wildman–Crippen LogP) is 4.42. The van der Waals surface area contributed by atoms with E-state index in [1.807, 2.05) is 0 Å². The molecule has 3 unspecified atom stereocenters. The van der Waals surface area contributed by atoms with Crippen LogP contribution < -0.4 is 5.32 Å². The summed E-state index contributed by atoms with van der Waals surface area (Å²) in [5, 5.41) is 4.84. The Morgan fingerprint density at radius 2 is 1.95 bits per heavy atom. The second-order valence-electron chi connectivity index (χ2n) is 6.33. The molecule has 3 atom stereocenters. The zero-order valence-corrected chi connectivity index (χ0v) is 13.6. The van der Waals surface area contributed by atoms with Gasteiger partial charge in [-0.15, -0.1) is 0 Å². The fourth-order valence-electron chi connectivity index (χ4n) is 3.74. The van der Waals surface area contributed by atoms with Gasteiger partial charge in [0.1, 0.15) is 0 Å². The maximum Gasteiger partial charge on any atom is 0.154 e. The summed E-state index contributed by atoms with van der Waals surface area (Å²) in [6, 6.07) is 5.84. The summed E-state index contributed by atoms with van der Waals surface area (Å²) in [5.74, 6) is 1.01. The highest BCUT2D eigenvalue weighted by Crippen LogP contribution is 2.32. The summed E-state index contributed by atoms with van der Waals surface area (Å²) < 4.78 is 0. The molecule has 4 heteroatoms. The molecule has 1 aliphatic carbocycles. The minimum atomic E-state index is -0.0144. The summed E-state index contributed by atoms with van der Waals surface area (Å²) in [7, 11) is 0. The van der Waals surface area contributed by atoms with Gasteiger partial charge in [0.25, 0.3) is 0 Å². The number of piperidine rings is 1. The van der Waals surface area contributed by atoms with Crippen LogP contribution in [0.3, 0.4) is 0 Å². The maximum atomic E-state index is 12.5. The van der Waals surface area contributed by atoms with Gasteiger partial charge in [-0.25, -0.2) is 0 Å². The van der Waals surface area contributed by atoms with Crippen LogP contribution in [0.2, 0.25) is 10.0 Å². The van der Waals surface area contributed by atoms with Crippen molar-refractivity contribution in [1.29, 1.82) is 0 Å². The Balaban J connectivity index is 1.64. The molecule has 2 nitrogen and oxygen atoms in total. The van der Waals surface area contributed by atoms with Gasteiger partial charge in [-0.2, -0.15) is 0 Å². The van der Waals surface area contributed by atoms with Crippen LogP contribution in [0.5, 0.6) is 0 Å². The molecule has 114 valence electrons. The molecule has 0 bridgehead atoms. The van der Waals surface area contributed by atoms with Gasteiger partial charge in [-0.3, -0.25) is 4.79 Å². The lowest BCUT2D eigenvalue weighted by molar-refractivity contribution is -0.121. The number of nitrogens with one attached hydrogen (secondary N) is 1. The molecule has 0 spiro atoms. The summed E-state index contributed by atoms with van der Waals surface area (Å²) in [6.07, 6.45) is 7.67. The fraction of sp³-hybridized carbons (Fsp3) is 0.588. The third-order valence-electron chi connectivity index (χ3n) is 4.91. The number of halogens is 2. The highest BCUT2D eigenvalue weighted by molar-refractivity contribution is 6.33. The van der Waals surface area contributed by atoms with Gasteiger partial charge >= 0.3 is 0 Å². The standard InChI is InChI=1S/C17H21Cl2NO/c18-13-6-7-14(19)12(9-13)10-17(21)16-8-5-11-3-1-2-4-15(11)20-16/h6-7,9,11,15-16,20H,1-5,8,10H2. The first kappa shape index (κ1) is 15.3. The Hall–Kier alpha value is -0.570. The van der Waals surface area contributed by atoms with E-state index in [-0.39, 0.29) is 11.8 Å². The normalized spacial score (nSPS) is 29.0. The maximum absolute atomic E-state index is 12.5. The first-order valence-corrected chi connectivity index (χ1v) is 8.62. The Bertz CT molecular complexity index is 532. The number of carbonyl (C=O) groups is 1. The molecule has 2 fully saturated rings. The van der Waals surface area contributed by atoms with Crippen molar-refractivity contribution in [1.82, 2.24) is 5.32 Å². The van der Waals surface area contributed by atoms with Gasteiger partial charge in [0.2, 0.25) is 0 Å². The van der Waals surface area contributed by atoms with Crippen molar-refractivity contribution in [2.45, 2.75) is 57.0 Å². The molecule has 1 aromatic carbocycles. The molecule has 1 saturated carbocycles. The zero-order valence-electron chi connectivity index (χ0n) is 12.1. The summed E-state index contributed by atoms with van der Waals surface area (Å²) in [6.45, 7) is 0. The quantitative estimate of drug-likeness (QED) is 0.891. The van der Waals surface area contributed by atoms with Crippen molar-refractivity contribution in [3.8, 4) is 0 Å². The van der Waals surface area contributed by atoms with Crippen LogP contribution in [-0.2, 0) is 11.2 Å². The predicted molar refractivity (Wildman–Crippen MR) is 87.1 cm³/mol. The minimum absolute atomic E-state index is 0.0144. The van der Waals surface area contributed by atoms with E-state index in [1.165, 1.54) is 32.1 Å². The first-order valence-electron chi connectivity index (χ1n) is 7.86. The number of fused-ring (bicyclic) bond motifs is 1. The topological polar surface area (TPSA) is 29.1 Å². The molecule has 1 heterocycles. The lowest BCUT2D eigenvalue weighted by Crippen LogP contribution is -2.52. The Morgan fingerprint density at radius 1 is 1.14 bits per heavy atom. The number of rotatable bonds is 3. The molecule has 1 aliphatic heterocycles. The minimum Gasteiger partial charge on any atom is -0.304 e. The average molecular weight is 326 g/mol. The van der Waals surface area contributed by atoms with Crippen LogP contribution in [-0.4, -0.2) is 17.9 Å². The van der Waals surface area contributed by atoms with E-state index >= 15 is 0 Å². The van der Waals surface area contributed by atoms with Crippen molar-refractivity contribution >= 4 is 29.0 Å². The second-order valence-corrected chi connectivity index (χ2v) is 7.17. The van der Waals surface area contributed by atoms with E-state index in [9.17, 15) is 4.79 Å².